The Hall–Kier alpha value is -3.28. The Morgan fingerprint density at radius 3 is 1.43 bits per heavy atom. The first kappa shape index (κ1) is 32.1. The molecule has 0 aromatic carbocycles. The first-order valence-electron chi connectivity index (χ1n) is 12.9. The fourth-order valence-corrected chi connectivity index (χ4v) is 10.3. The zero-order chi connectivity index (χ0) is 31.8. The Morgan fingerprint density at radius 2 is 1.11 bits per heavy atom. The largest absolute Gasteiger partial charge is 0.358 e. The average molecular weight is 716 g/mol. The van der Waals surface area contributed by atoms with E-state index < -0.39 is 20.0 Å². The predicted molar refractivity (Wildman–Crippen MR) is 172 cm³/mol. The summed E-state index contributed by atoms with van der Waals surface area (Å²) in [5.74, 6) is 0.688. The summed E-state index contributed by atoms with van der Waals surface area (Å²) >= 11 is 14.7. The molecule has 0 spiro atoms. The SMILES string of the molecule is CCc1sc2ncccc2c1S(=O)(=O)Nc1noc(C)c1Cl.CCc1sc2ncccc2c1S(=O)(=O)Nc1noc(C)c1Cl. The number of nitrogens with zero attached hydrogens (tertiary/aromatic N) is 4. The second kappa shape index (κ2) is 12.6. The van der Waals surface area contributed by atoms with Gasteiger partial charge in [0.15, 0.2) is 11.5 Å². The minimum absolute atomic E-state index is 0.00976. The maximum atomic E-state index is 12.7. The van der Waals surface area contributed by atoms with E-state index in [-0.39, 0.29) is 31.5 Å². The fourth-order valence-electron chi connectivity index (χ4n) is 4.18. The van der Waals surface area contributed by atoms with Crippen LogP contribution in [0.1, 0.15) is 35.1 Å². The summed E-state index contributed by atoms with van der Waals surface area (Å²) in [7, 11) is -7.67. The molecule has 0 unspecified atom stereocenters. The number of aryl methyl sites for hydroxylation is 4. The number of fused-ring (bicyclic) bond motifs is 2. The number of hydrogen-bond donors (Lipinski definition) is 2. The molecule has 44 heavy (non-hydrogen) atoms. The number of pyridine rings is 2. The molecule has 0 radical (unpaired) electrons. The lowest BCUT2D eigenvalue weighted by atomic mass is 10.3. The average Bonchev–Trinajstić information content (AvgIpc) is 3.74. The van der Waals surface area contributed by atoms with Crippen molar-refractivity contribution >= 4 is 98.0 Å². The van der Waals surface area contributed by atoms with E-state index in [4.69, 9.17) is 32.2 Å². The van der Waals surface area contributed by atoms with Crippen molar-refractivity contribution in [3.05, 3.63) is 68.0 Å². The van der Waals surface area contributed by atoms with Gasteiger partial charge in [-0.25, -0.2) is 26.8 Å². The Balaban J connectivity index is 0.000000175. The molecule has 0 bridgehead atoms. The van der Waals surface area contributed by atoms with Crippen LogP contribution in [0, 0.1) is 13.8 Å². The highest BCUT2D eigenvalue weighted by Gasteiger charge is 2.28. The second-order valence-electron chi connectivity index (χ2n) is 9.14. The molecule has 232 valence electrons. The first-order chi connectivity index (χ1) is 20.9. The van der Waals surface area contributed by atoms with Gasteiger partial charge in [-0.2, -0.15) is 0 Å². The summed E-state index contributed by atoms with van der Waals surface area (Å²) in [6.07, 6.45) is 4.45. The molecule has 0 saturated heterocycles. The first-order valence-corrected chi connectivity index (χ1v) is 18.2. The molecule has 6 aromatic rings. The van der Waals surface area contributed by atoms with E-state index in [0.717, 1.165) is 9.75 Å². The van der Waals surface area contributed by atoms with Gasteiger partial charge < -0.3 is 9.05 Å². The third kappa shape index (κ3) is 6.14. The van der Waals surface area contributed by atoms with E-state index in [2.05, 4.69) is 29.7 Å². The van der Waals surface area contributed by atoms with Gasteiger partial charge in [0, 0.05) is 32.9 Å². The van der Waals surface area contributed by atoms with Crippen LogP contribution in [0.4, 0.5) is 11.6 Å². The maximum absolute atomic E-state index is 12.7. The van der Waals surface area contributed by atoms with Gasteiger partial charge in [-0.1, -0.05) is 47.4 Å². The van der Waals surface area contributed by atoms with E-state index in [0.29, 0.717) is 44.8 Å². The minimum atomic E-state index is -3.84. The highest BCUT2D eigenvalue weighted by Crippen LogP contribution is 2.37. The van der Waals surface area contributed by atoms with Gasteiger partial charge in [0.25, 0.3) is 20.0 Å². The highest BCUT2D eigenvalue weighted by molar-refractivity contribution is 7.93. The number of thiophene rings is 2. The minimum Gasteiger partial charge on any atom is -0.358 e. The summed E-state index contributed by atoms with van der Waals surface area (Å²) in [5.41, 5.74) is 0. The van der Waals surface area contributed by atoms with Crippen molar-refractivity contribution in [3.8, 4) is 0 Å². The van der Waals surface area contributed by atoms with Gasteiger partial charge >= 0.3 is 0 Å². The van der Waals surface area contributed by atoms with E-state index in [1.54, 1.807) is 50.5 Å². The maximum Gasteiger partial charge on any atom is 0.264 e. The zero-order valence-electron chi connectivity index (χ0n) is 23.5. The molecule has 0 aliphatic heterocycles. The third-order valence-electron chi connectivity index (χ3n) is 6.20. The normalized spacial score (nSPS) is 12.0. The van der Waals surface area contributed by atoms with Gasteiger partial charge in [-0.3, -0.25) is 9.44 Å². The summed E-state index contributed by atoms with van der Waals surface area (Å²) in [6.45, 7) is 7.01. The molecular formula is C26H24Cl2N6O6S4. The van der Waals surface area contributed by atoms with Crippen molar-refractivity contribution in [1.29, 1.82) is 0 Å². The van der Waals surface area contributed by atoms with Crippen LogP contribution in [-0.4, -0.2) is 37.1 Å². The summed E-state index contributed by atoms with van der Waals surface area (Å²) in [5, 5.41) is 8.76. The van der Waals surface area contributed by atoms with Crippen LogP contribution in [-0.2, 0) is 32.9 Å². The van der Waals surface area contributed by atoms with Crippen LogP contribution in [0.15, 0.2) is 55.5 Å². The summed E-state index contributed by atoms with van der Waals surface area (Å²) in [6, 6.07) is 6.89. The number of nitrogens with one attached hydrogen (secondary N) is 2. The van der Waals surface area contributed by atoms with E-state index in [1.807, 2.05) is 13.8 Å². The number of halogens is 2. The third-order valence-corrected chi connectivity index (χ3v) is 12.8. The lowest BCUT2D eigenvalue weighted by Gasteiger charge is -2.06. The second-order valence-corrected chi connectivity index (χ2v) is 15.3. The van der Waals surface area contributed by atoms with Crippen LogP contribution in [0.2, 0.25) is 10.0 Å². The lowest BCUT2D eigenvalue weighted by Crippen LogP contribution is -2.14. The van der Waals surface area contributed by atoms with Crippen molar-refractivity contribution in [2.75, 3.05) is 9.44 Å². The molecule has 0 aliphatic rings. The quantitative estimate of drug-likeness (QED) is 0.164. The number of rotatable bonds is 8. The van der Waals surface area contributed by atoms with Crippen LogP contribution in [0.5, 0.6) is 0 Å². The number of aromatic nitrogens is 4. The lowest BCUT2D eigenvalue weighted by molar-refractivity contribution is 0.400. The van der Waals surface area contributed by atoms with E-state index in [1.165, 1.54) is 22.7 Å². The Kier molecular flexibility index (Phi) is 9.21. The Bertz CT molecular complexity index is 2050. The molecular weight excluding hydrogens is 691 g/mol. The van der Waals surface area contributed by atoms with Gasteiger partial charge in [-0.05, 0) is 51.0 Å². The summed E-state index contributed by atoms with van der Waals surface area (Å²) < 4.78 is 65.5. The molecule has 6 heterocycles. The van der Waals surface area contributed by atoms with Crippen LogP contribution < -0.4 is 9.44 Å². The van der Waals surface area contributed by atoms with Crippen molar-refractivity contribution in [2.24, 2.45) is 0 Å². The molecule has 12 nitrogen and oxygen atoms in total. The van der Waals surface area contributed by atoms with Crippen molar-refractivity contribution in [1.82, 2.24) is 20.3 Å². The Labute approximate surface area is 270 Å². The predicted octanol–water partition coefficient (Wildman–Crippen LogP) is 7.22. The number of anilines is 2. The van der Waals surface area contributed by atoms with Crippen LogP contribution >= 0.6 is 45.9 Å². The highest BCUT2D eigenvalue weighted by atomic mass is 35.5. The molecule has 6 rings (SSSR count). The van der Waals surface area contributed by atoms with Gasteiger partial charge in [-0.15, -0.1) is 22.7 Å². The molecule has 0 saturated carbocycles. The van der Waals surface area contributed by atoms with Crippen molar-refractivity contribution < 1.29 is 25.9 Å². The molecule has 18 heteroatoms. The van der Waals surface area contributed by atoms with Crippen LogP contribution in [0.25, 0.3) is 20.4 Å². The standard InChI is InChI=1S/2C13H12ClN3O3S2/c2*1-3-9-11(8-5-4-6-15-13(8)21-9)22(18,19)17-12-10(14)7(2)20-16-12/h2*4-6H,3H2,1-2H3,(H,16,17). The summed E-state index contributed by atoms with van der Waals surface area (Å²) in [4.78, 5) is 11.7. The topological polar surface area (TPSA) is 170 Å². The molecule has 6 aromatic heterocycles. The molecule has 0 amide bonds. The van der Waals surface area contributed by atoms with Crippen molar-refractivity contribution in [3.63, 3.8) is 0 Å². The van der Waals surface area contributed by atoms with Crippen molar-refractivity contribution in [2.45, 2.75) is 50.3 Å². The monoisotopic (exact) mass is 714 g/mol. The van der Waals surface area contributed by atoms with Gasteiger partial charge in [0.1, 0.15) is 29.5 Å². The molecule has 0 aliphatic carbocycles. The molecule has 0 fully saturated rings. The smallest absolute Gasteiger partial charge is 0.264 e. The van der Waals surface area contributed by atoms with E-state index in [9.17, 15) is 16.8 Å². The Morgan fingerprint density at radius 1 is 0.727 bits per heavy atom. The molecule has 0 atom stereocenters. The zero-order valence-corrected chi connectivity index (χ0v) is 28.3. The fraction of sp³-hybridized carbons (Fsp3) is 0.231. The number of hydrogen-bond acceptors (Lipinski definition) is 12. The van der Waals surface area contributed by atoms with E-state index >= 15 is 0 Å². The van der Waals surface area contributed by atoms with Gasteiger partial charge in [0.2, 0.25) is 11.6 Å². The number of sulfonamides is 2. The molecule has 2 N–H and O–H groups in total. The van der Waals surface area contributed by atoms with Crippen LogP contribution in [0.3, 0.4) is 0 Å². The van der Waals surface area contributed by atoms with Gasteiger partial charge in [0.05, 0.1) is 0 Å².